The summed E-state index contributed by atoms with van der Waals surface area (Å²) in [5.41, 5.74) is 0. The standard InChI is InChI=1S/C12H19NO3/c1-2-16-12(15)11(13-9-14)10-7-5-3-4-6-8-10/h10-11H,2-8H2,1H3. The number of aliphatic imine (C=N–C) groups is 1. The molecule has 0 saturated heterocycles. The Morgan fingerprint density at radius 3 is 2.50 bits per heavy atom. The van der Waals surface area contributed by atoms with Crippen molar-refractivity contribution in [1.82, 2.24) is 0 Å². The Morgan fingerprint density at radius 2 is 2.00 bits per heavy atom. The third kappa shape index (κ3) is 3.78. The van der Waals surface area contributed by atoms with Gasteiger partial charge in [-0.05, 0) is 25.7 Å². The molecule has 0 N–H and O–H groups in total. The van der Waals surface area contributed by atoms with Crippen molar-refractivity contribution in [3.63, 3.8) is 0 Å². The van der Waals surface area contributed by atoms with Gasteiger partial charge in [-0.2, -0.15) is 4.99 Å². The second-order valence-electron chi connectivity index (χ2n) is 4.17. The highest BCUT2D eigenvalue weighted by Crippen LogP contribution is 2.27. The third-order valence-electron chi connectivity index (χ3n) is 3.07. The zero-order chi connectivity index (χ0) is 11.8. The van der Waals surface area contributed by atoms with E-state index in [1.54, 1.807) is 6.92 Å². The van der Waals surface area contributed by atoms with Crippen molar-refractivity contribution < 1.29 is 14.3 Å². The number of hydrogen-bond donors (Lipinski definition) is 0. The minimum Gasteiger partial charge on any atom is -0.464 e. The normalized spacial score (nSPS) is 19.3. The minimum atomic E-state index is -0.629. The summed E-state index contributed by atoms with van der Waals surface area (Å²) in [6, 6.07) is -0.629. The van der Waals surface area contributed by atoms with Gasteiger partial charge >= 0.3 is 5.97 Å². The van der Waals surface area contributed by atoms with Crippen molar-refractivity contribution in [2.75, 3.05) is 6.61 Å². The van der Waals surface area contributed by atoms with E-state index < -0.39 is 6.04 Å². The molecule has 0 aromatic carbocycles. The molecule has 1 rings (SSSR count). The monoisotopic (exact) mass is 225 g/mol. The average Bonchev–Trinajstić information content (AvgIpc) is 2.54. The molecule has 90 valence electrons. The van der Waals surface area contributed by atoms with Crippen LogP contribution in [0.4, 0.5) is 0 Å². The largest absolute Gasteiger partial charge is 0.464 e. The lowest BCUT2D eigenvalue weighted by Gasteiger charge is -2.19. The van der Waals surface area contributed by atoms with Crippen molar-refractivity contribution >= 4 is 12.0 Å². The Labute approximate surface area is 96.1 Å². The lowest BCUT2D eigenvalue weighted by atomic mass is 9.92. The van der Waals surface area contributed by atoms with E-state index in [0.717, 1.165) is 25.7 Å². The van der Waals surface area contributed by atoms with Crippen LogP contribution in [0, 0.1) is 5.92 Å². The number of hydrogen-bond acceptors (Lipinski definition) is 4. The molecular formula is C12H19NO3. The van der Waals surface area contributed by atoms with Crippen LogP contribution in [0.15, 0.2) is 4.99 Å². The molecule has 0 heterocycles. The summed E-state index contributed by atoms with van der Waals surface area (Å²) in [6.45, 7) is 2.09. The van der Waals surface area contributed by atoms with Gasteiger partial charge in [0.25, 0.3) is 0 Å². The predicted octanol–water partition coefficient (Wildman–Crippen LogP) is 2.22. The lowest BCUT2D eigenvalue weighted by molar-refractivity contribution is -0.146. The zero-order valence-corrected chi connectivity index (χ0v) is 9.78. The van der Waals surface area contributed by atoms with Crippen LogP contribution in [0.1, 0.15) is 45.4 Å². The van der Waals surface area contributed by atoms with E-state index in [4.69, 9.17) is 4.74 Å². The van der Waals surface area contributed by atoms with E-state index in [1.807, 2.05) is 0 Å². The van der Waals surface area contributed by atoms with E-state index >= 15 is 0 Å². The molecule has 1 saturated carbocycles. The summed E-state index contributed by atoms with van der Waals surface area (Å²) in [4.78, 5) is 25.6. The van der Waals surface area contributed by atoms with Gasteiger partial charge in [0.15, 0.2) is 6.04 Å². The fraction of sp³-hybridized carbons (Fsp3) is 0.833. The molecule has 1 aliphatic carbocycles. The van der Waals surface area contributed by atoms with E-state index in [0.29, 0.717) is 6.61 Å². The van der Waals surface area contributed by atoms with Crippen LogP contribution in [0.2, 0.25) is 0 Å². The highest BCUT2D eigenvalue weighted by atomic mass is 16.5. The van der Waals surface area contributed by atoms with Crippen LogP contribution in [0.3, 0.4) is 0 Å². The van der Waals surface area contributed by atoms with Crippen molar-refractivity contribution in [2.24, 2.45) is 10.9 Å². The molecule has 1 unspecified atom stereocenters. The quantitative estimate of drug-likeness (QED) is 0.319. The van der Waals surface area contributed by atoms with Gasteiger partial charge in [0.2, 0.25) is 6.08 Å². The van der Waals surface area contributed by atoms with Gasteiger partial charge in [-0.1, -0.05) is 25.7 Å². The topological polar surface area (TPSA) is 55.7 Å². The Kier molecular flexibility index (Phi) is 5.79. The SMILES string of the molecule is CCOC(=O)C(N=C=O)C1CCCCCC1. The predicted molar refractivity (Wildman–Crippen MR) is 59.7 cm³/mol. The van der Waals surface area contributed by atoms with Crippen molar-refractivity contribution in [1.29, 1.82) is 0 Å². The number of nitrogens with zero attached hydrogens (tertiary/aromatic N) is 1. The summed E-state index contributed by atoms with van der Waals surface area (Å²) < 4.78 is 4.94. The number of carbonyl (C=O) groups excluding carboxylic acids is 2. The minimum absolute atomic E-state index is 0.156. The summed E-state index contributed by atoms with van der Waals surface area (Å²) in [5.74, 6) is -0.222. The molecule has 0 aromatic heterocycles. The van der Waals surface area contributed by atoms with E-state index in [-0.39, 0.29) is 11.9 Å². The first-order chi connectivity index (χ1) is 7.79. The first-order valence-electron chi connectivity index (χ1n) is 6.03. The molecule has 1 aliphatic rings. The third-order valence-corrected chi connectivity index (χ3v) is 3.07. The van der Waals surface area contributed by atoms with E-state index in [9.17, 15) is 9.59 Å². The van der Waals surface area contributed by atoms with Gasteiger partial charge in [-0.3, -0.25) is 0 Å². The van der Waals surface area contributed by atoms with Gasteiger partial charge in [-0.25, -0.2) is 9.59 Å². The fourth-order valence-corrected chi connectivity index (χ4v) is 2.26. The van der Waals surface area contributed by atoms with Crippen molar-refractivity contribution in [3.8, 4) is 0 Å². The first-order valence-corrected chi connectivity index (χ1v) is 6.03. The highest BCUT2D eigenvalue weighted by Gasteiger charge is 2.29. The van der Waals surface area contributed by atoms with E-state index in [2.05, 4.69) is 4.99 Å². The van der Waals surface area contributed by atoms with Crippen LogP contribution in [0.5, 0.6) is 0 Å². The van der Waals surface area contributed by atoms with Gasteiger partial charge in [0, 0.05) is 0 Å². The van der Waals surface area contributed by atoms with Gasteiger partial charge < -0.3 is 4.74 Å². The van der Waals surface area contributed by atoms with Crippen molar-refractivity contribution in [3.05, 3.63) is 0 Å². The van der Waals surface area contributed by atoms with Gasteiger partial charge in [0.1, 0.15) is 0 Å². The second kappa shape index (κ2) is 7.18. The molecule has 0 aromatic rings. The second-order valence-corrected chi connectivity index (χ2v) is 4.17. The maximum Gasteiger partial charge on any atom is 0.332 e. The molecule has 0 bridgehead atoms. The summed E-state index contributed by atoms with van der Waals surface area (Å²) in [6.07, 6.45) is 8.03. The Hall–Kier alpha value is -1.15. The van der Waals surface area contributed by atoms with E-state index in [1.165, 1.54) is 18.9 Å². The number of esters is 1. The number of rotatable bonds is 4. The van der Waals surface area contributed by atoms with Gasteiger partial charge in [0.05, 0.1) is 6.61 Å². The van der Waals surface area contributed by atoms with Crippen LogP contribution in [0.25, 0.3) is 0 Å². The molecule has 1 fully saturated rings. The zero-order valence-electron chi connectivity index (χ0n) is 9.78. The molecule has 4 nitrogen and oxygen atoms in total. The molecule has 1 atom stereocenters. The Morgan fingerprint density at radius 1 is 1.38 bits per heavy atom. The molecular weight excluding hydrogens is 206 g/mol. The Bertz CT molecular complexity index is 263. The smallest absolute Gasteiger partial charge is 0.332 e. The van der Waals surface area contributed by atoms with Crippen molar-refractivity contribution in [2.45, 2.75) is 51.5 Å². The lowest BCUT2D eigenvalue weighted by Crippen LogP contribution is -2.29. The fourth-order valence-electron chi connectivity index (χ4n) is 2.26. The van der Waals surface area contributed by atoms with Crippen LogP contribution in [-0.4, -0.2) is 24.7 Å². The average molecular weight is 225 g/mol. The maximum absolute atomic E-state index is 11.6. The molecule has 0 aliphatic heterocycles. The van der Waals surface area contributed by atoms with Gasteiger partial charge in [-0.15, -0.1) is 0 Å². The number of isocyanates is 1. The molecule has 0 spiro atoms. The van der Waals surface area contributed by atoms with Crippen LogP contribution < -0.4 is 0 Å². The summed E-state index contributed by atoms with van der Waals surface area (Å²) >= 11 is 0. The van der Waals surface area contributed by atoms with Crippen LogP contribution >= 0.6 is 0 Å². The maximum atomic E-state index is 11.6. The van der Waals surface area contributed by atoms with Crippen LogP contribution in [-0.2, 0) is 14.3 Å². The number of carbonyl (C=O) groups is 1. The molecule has 0 radical (unpaired) electrons. The Balaban J connectivity index is 2.66. The number of ether oxygens (including phenoxy) is 1. The molecule has 4 heteroatoms. The molecule has 0 amide bonds. The first kappa shape index (κ1) is 12.9. The highest BCUT2D eigenvalue weighted by molar-refractivity contribution is 5.77. The summed E-state index contributed by atoms with van der Waals surface area (Å²) in [7, 11) is 0. The summed E-state index contributed by atoms with van der Waals surface area (Å²) in [5, 5.41) is 0. The molecule has 16 heavy (non-hydrogen) atoms.